The molecule has 2 heterocycles. The summed E-state index contributed by atoms with van der Waals surface area (Å²) in [5.41, 5.74) is -4.32. The molecule has 0 spiro atoms. The molecule has 0 aromatic carbocycles. The summed E-state index contributed by atoms with van der Waals surface area (Å²) in [6.07, 6.45) is -12.0. The van der Waals surface area contributed by atoms with E-state index in [0.29, 0.717) is 0 Å². The van der Waals surface area contributed by atoms with E-state index in [1.54, 1.807) is 0 Å². The molecule has 7 nitrogen and oxygen atoms in total. The molecule has 0 saturated heterocycles. The Kier molecular flexibility index (Phi) is 1.35. The van der Waals surface area contributed by atoms with Crippen LogP contribution in [0.3, 0.4) is 0 Å². The first-order valence-electron chi connectivity index (χ1n) is 11.7. The van der Waals surface area contributed by atoms with Crippen molar-refractivity contribution in [2.45, 2.75) is 32.5 Å². The number of Topliss-reactive ketones (excluding diaryl/α,β-unsaturated/α-hetero) is 1. The summed E-state index contributed by atoms with van der Waals surface area (Å²) >= 11 is 0. The maximum absolute atomic E-state index is 12.9. The minimum atomic E-state index is -3.93. The number of hydrogen-bond donors (Lipinski definition) is 0. The van der Waals surface area contributed by atoms with Gasteiger partial charge in [0.2, 0.25) is 0 Å². The molecule has 2 aromatic rings. The van der Waals surface area contributed by atoms with Gasteiger partial charge in [-0.15, -0.1) is 0 Å². The summed E-state index contributed by atoms with van der Waals surface area (Å²) in [4.78, 5) is 41.3. The van der Waals surface area contributed by atoms with Crippen LogP contribution >= 0.6 is 0 Å². The van der Waals surface area contributed by atoms with Crippen molar-refractivity contribution in [1.82, 2.24) is 18.7 Å². The van der Waals surface area contributed by atoms with Gasteiger partial charge in [0, 0.05) is 43.4 Å². The zero-order valence-electron chi connectivity index (χ0n) is 23.2. The van der Waals surface area contributed by atoms with E-state index in [1.807, 2.05) is 0 Å². The normalized spacial score (nSPS) is 24.1. The van der Waals surface area contributed by atoms with Crippen LogP contribution in [0.5, 0.6) is 0 Å². The molecule has 0 radical (unpaired) electrons. The van der Waals surface area contributed by atoms with Gasteiger partial charge < -0.3 is 9.36 Å². The third-order valence-corrected chi connectivity index (χ3v) is 2.44. The van der Waals surface area contributed by atoms with E-state index in [9.17, 15) is 14.4 Å². The summed E-state index contributed by atoms with van der Waals surface area (Å²) in [6.45, 7) is -8.48. The number of nitrogens with zero attached hydrogens (tertiary/aromatic N) is 4. The Hall–Kier alpha value is -2.18. The molecule has 0 bridgehead atoms. The van der Waals surface area contributed by atoms with Gasteiger partial charge in [-0.1, -0.05) is 0 Å². The number of ketones is 1. The smallest absolute Gasteiger partial charge is 0.328 e. The average Bonchev–Trinajstić information content (AvgIpc) is 2.90. The van der Waals surface area contributed by atoms with Crippen LogP contribution in [0.25, 0.3) is 11.2 Å². The van der Waals surface area contributed by atoms with E-state index in [2.05, 4.69) is 4.98 Å². The molecule has 20 heavy (non-hydrogen) atoms. The van der Waals surface area contributed by atoms with Crippen molar-refractivity contribution in [3.05, 3.63) is 27.1 Å². The molecule has 2 aromatic heterocycles. The topological polar surface area (TPSA) is 78.9 Å². The van der Waals surface area contributed by atoms with Crippen molar-refractivity contribution in [2.75, 3.05) is 0 Å². The molecule has 0 saturated carbocycles. The summed E-state index contributed by atoms with van der Waals surface area (Å²) in [6, 6.07) is 0. The molecule has 2 rings (SSSR count). The van der Waals surface area contributed by atoms with Crippen molar-refractivity contribution in [1.29, 1.82) is 0 Å². The molecule has 0 fully saturated rings. The zero-order chi connectivity index (χ0) is 26.1. The highest BCUT2D eigenvalue weighted by Crippen LogP contribution is 2.04. The second kappa shape index (κ2) is 5.44. The third-order valence-electron chi connectivity index (χ3n) is 2.44. The molecular formula is C13H18N4O3. The first kappa shape index (κ1) is 4.98. The molecule has 0 N–H and O–H groups in total. The first-order chi connectivity index (χ1) is 14.5. The van der Waals surface area contributed by atoms with E-state index in [0.717, 1.165) is 11.6 Å². The van der Waals surface area contributed by atoms with Crippen LogP contribution in [0.4, 0.5) is 0 Å². The zero-order valence-corrected chi connectivity index (χ0v) is 10.2. The van der Waals surface area contributed by atoms with Gasteiger partial charge in [-0.2, -0.15) is 0 Å². The van der Waals surface area contributed by atoms with Gasteiger partial charge >= 0.3 is 5.69 Å². The predicted octanol–water partition coefficient (Wildman–Crippen LogP) is 0.193. The largest absolute Gasteiger partial charge is 0.332 e. The summed E-state index contributed by atoms with van der Waals surface area (Å²) in [7, 11) is 1.14. The molecule has 0 unspecified atom stereocenters. The number of rotatable bonds is 5. The summed E-state index contributed by atoms with van der Waals surface area (Å²) < 4.78 is 99.4. The monoisotopic (exact) mass is 291 g/mol. The van der Waals surface area contributed by atoms with Crippen LogP contribution in [-0.2, 0) is 25.4 Å². The Bertz CT molecular complexity index is 1230. The molecule has 108 valence electrons. The van der Waals surface area contributed by atoms with Crippen LogP contribution in [-0.4, -0.2) is 24.5 Å². The second-order valence-corrected chi connectivity index (χ2v) is 3.71. The van der Waals surface area contributed by atoms with Crippen LogP contribution < -0.4 is 11.2 Å². The Morgan fingerprint density at radius 2 is 2.30 bits per heavy atom. The molecule has 0 atom stereocenters. The maximum Gasteiger partial charge on any atom is 0.332 e. The molecule has 0 aliphatic rings. The Morgan fingerprint density at radius 1 is 1.50 bits per heavy atom. The molecule has 0 aliphatic carbocycles. The van der Waals surface area contributed by atoms with Gasteiger partial charge in [0.1, 0.15) is 7.15 Å². The van der Waals surface area contributed by atoms with E-state index in [1.165, 1.54) is 0 Å². The van der Waals surface area contributed by atoms with Gasteiger partial charge in [-0.05, 0) is 19.6 Å². The standard InChI is InChI=1S/C13H18N4O3/c1-9(18)6-4-5-7-17-12(19)10-11(14-8-15(10)2)16(3)13(17)20/h8H,4-7H2,1-3H3/i1D3,3D3,4D2,5D2,6D2,8D. The Labute approximate surface area is 133 Å². The molecule has 0 aliphatic heterocycles. The highest BCUT2D eigenvalue weighted by Gasteiger charge is 2.14. The molecule has 0 amide bonds. The van der Waals surface area contributed by atoms with Crippen molar-refractivity contribution in [2.24, 2.45) is 14.0 Å². The van der Waals surface area contributed by atoms with Crippen LogP contribution in [0, 0.1) is 0 Å². The summed E-state index contributed by atoms with van der Waals surface area (Å²) in [5, 5.41) is 0. The first-order valence-corrected chi connectivity index (χ1v) is 5.24. The fourth-order valence-electron chi connectivity index (χ4n) is 1.56. The average molecular weight is 291 g/mol. The predicted molar refractivity (Wildman–Crippen MR) is 74.7 cm³/mol. The van der Waals surface area contributed by atoms with Crippen molar-refractivity contribution < 1.29 is 22.6 Å². The van der Waals surface area contributed by atoms with E-state index in [-0.39, 0.29) is 9.13 Å². The van der Waals surface area contributed by atoms with E-state index < -0.39 is 74.0 Å². The number of fused-ring (bicyclic) bond motifs is 1. The van der Waals surface area contributed by atoms with Gasteiger partial charge in [-0.3, -0.25) is 13.9 Å². The van der Waals surface area contributed by atoms with Crippen molar-refractivity contribution in [3.63, 3.8) is 0 Å². The van der Waals surface area contributed by atoms with Gasteiger partial charge in [0.25, 0.3) is 5.56 Å². The molecule has 7 heteroatoms. The number of carbonyl (C=O) groups is 1. The third kappa shape index (κ3) is 2.43. The number of aryl methyl sites for hydroxylation is 2. The number of aromatic nitrogens is 4. The second-order valence-electron chi connectivity index (χ2n) is 3.71. The number of imidazole rings is 1. The van der Waals surface area contributed by atoms with E-state index in [4.69, 9.17) is 17.8 Å². The highest BCUT2D eigenvalue weighted by molar-refractivity contribution is 5.75. The molecular weight excluding hydrogens is 260 g/mol. The maximum atomic E-state index is 12.9. The number of carbonyl (C=O) groups excluding carboxylic acids is 1. The lowest BCUT2D eigenvalue weighted by Gasteiger charge is -2.08. The Balaban J connectivity index is 2.82. The quantitative estimate of drug-likeness (QED) is 0.788. The Morgan fingerprint density at radius 3 is 3.00 bits per heavy atom. The minimum Gasteiger partial charge on any atom is -0.328 e. The fraction of sp³-hybridized carbons (Fsp3) is 0.538. The van der Waals surface area contributed by atoms with Crippen LogP contribution in [0.2, 0.25) is 0 Å². The van der Waals surface area contributed by atoms with Gasteiger partial charge in [0.05, 0.1) is 6.30 Å². The SMILES string of the molecule is [2H]c1nc2c(c(=O)n(CC([2H])([2H])C([2H])([2H])C([2H])([2H])C(=O)C([2H])([2H])[2H])c(=O)n2C([2H])([2H])[2H])n1C. The lowest BCUT2D eigenvalue weighted by molar-refractivity contribution is -0.117. The van der Waals surface area contributed by atoms with Crippen molar-refractivity contribution >= 4 is 16.9 Å². The van der Waals surface area contributed by atoms with E-state index >= 15 is 0 Å². The minimum absolute atomic E-state index is 0.0235. The van der Waals surface area contributed by atoms with Crippen LogP contribution in [0.15, 0.2) is 15.9 Å². The highest BCUT2D eigenvalue weighted by atomic mass is 16.2. The number of hydrogen-bond acceptors (Lipinski definition) is 4. The van der Waals surface area contributed by atoms with Gasteiger partial charge in [-0.25, -0.2) is 9.78 Å². The van der Waals surface area contributed by atoms with Gasteiger partial charge in [0.15, 0.2) is 11.2 Å². The fourth-order valence-corrected chi connectivity index (χ4v) is 1.56. The van der Waals surface area contributed by atoms with Crippen molar-refractivity contribution in [3.8, 4) is 0 Å². The lowest BCUT2D eigenvalue weighted by atomic mass is 10.2. The van der Waals surface area contributed by atoms with Crippen LogP contribution in [0.1, 0.15) is 43.8 Å². The summed E-state index contributed by atoms with van der Waals surface area (Å²) in [5.74, 6) is -2.24. The lowest BCUT2D eigenvalue weighted by Crippen LogP contribution is -2.39.